The van der Waals surface area contributed by atoms with Crippen molar-refractivity contribution in [3.63, 3.8) is 0 Å². The molecule has 0 spiro atoms. The molecule has 0 bridgehead atoms. The van der Waals surface area contributed by atoms with Crippen LogP contribution in [0.3, 0.4) is 0 Å². The van der Waals surface area contributed by atoms with E-state index in [-0.39, 0.29) is 11.8 Å². The van der Waals surface area contributed by atoms with Gasteiger partial charge < -0.3 is 5.32 Å². The lowest BCUT2D eigenvalue weighted by Gasteiger charge is -2.36. The average Bonchev–Trinajstić information content (AvgIpc) is 2.52. The molecule has 2 rings (SSSR count). The molecule has 2 heteroatoms. The van der Waals surface area contributed by atoms with Crippen molar-refractivity contribution in [2.75, 3.05) is 6.54 Å². The Hall–Kier alpha value is -1.31. The fourth-order valence-corrected chi connectivity index (χ4v) is 3.79. The fourth-order valence-electron chi connectivity index (χ4n) is 3.79. The first kappa shape index (κ1) is 17.1. The summed E-state index contributed by atoms with van der Waals surface area (Å²) >= 11 is 0. The largest absolute Gasteiger partial charge is 0.355 e. The van der Waals surface area contributed by atoms with E-state index in [2.05, 4.69) is 57.3 Å². The molecule has 1 saturated carbocycles. The molecule has 1 aromatic rings. The maximum atomic E-state index is 12.7. The van der Waals surface area contributed by atoms with E-state index in [4.69, 9.17) is 0 Å². The van der Waals surface area contributed by atoms with Crippen LogP contribution in [-0.2, 0) is 4.79 Å². The van der Waals surface area contributed by atoms with Crippen molar-refractivity contribution in [2.45, 2.75) is 52.9 Å². The molecule has 0 heterocycles. The molecule has 1 unspecified atom stereocenters. The summed E-state index contributed by atoms with van der Waals surface area (Å²) < 4.78 is 0. The summed E-state index contributed by atoms with van der Waals surface area (Å²) in [7, 11) is 0. The molecule has 0 radical (unpaired) electrons. The second-order valence-corrected chi connectivity index (χ2v) is 7.49. The number of hydrogen-bond acceptors (Lipinski definition) is 1. The second kappa shape index (κ2) is 7.80. The Labute approximate surface area is 135 Å². The number of carbonyl (C=O) groups excluding carboxylic acids is 1. The third-order valence-corrected chi connectivity index (χ3v) is 5.31. The van der Waals surface area contributed by atoms with Crippen molar-refractivity contribution in [2.24, 2.45) is 23.7 Å². The summed E-state index contributed by atoms with van der Waals surface area (Å²) in [6.07, 6.45) is 3.52. The first-order valence-corrected chi connectivity index (χ1v) is 8.81. The Balaban J connectivity index is 1.92. The highest BCUT2D eigenvalue weighted by Crippen LogP contribution is 2.38. The lowest BCUT2D eigenvalue weighted by Crippen LogP contribution is -2.41. The Kier molecular flexibility index (Phi) is 6.05. The molecule has 2 nitrogen and oxygen atoms in total. The molecule has 1 N–H and O–H groups in total. The first-order valence-electron chi connectivity index (χ1n) is 8.81. The minimum absolute atomic E-state index is 0.201. The number of rotatable bonds is 5. The van der Waals surface area contributed by atoms with Gasteiger partial charge in [0.25, 0.3) is 0 Å². The van der Waals surface area contributed by atoms with E-state index in [0.29, 0.717) is 23.7 Å². The topological polar surface area (TPSA) is 29.1 Å². The Bertz CT molecular complexity index is 468. The van der Waals surface area contributed by atoms with E-state index in [9.17, 15) is 4.79 Å². The van der Waals surface area contributed by atoms with Gasteiger partial charge >= 0.3 is 0 Å². The van der Waals surface area contributed by atoms with Gasteiger partial charge in [-0.05, 0) is 42.1 Å². The molecule has 1 fully saturated rings. The molecule has 1 aromatic carbocycles. The van der Waals surface area contributed by atoms with E-state index in [1.54, 1.807) is 0 Å². The van der Waals surface area contributed by atoms with Crippen LogP contribution in [0, 0.1) is 23.7 Å². The third kappa shape index (κ3) is 4.34. The summed E-state index contributed by atoms with van der Waals surface area (Å²) in [6, 6.07) is 10.4. The summed E-state index contributed by atoms with van der Waals surface area (Å²) in [5, 5.41) is 3.22. The van der Waals surface area contributed by atoms with Crippen LogP contribution in [0.2, 0.25) is 0 Å². The van der Waals surface area contributed by atoms with Gasteiger partial charge in [-0.1, -0.05) is 64.4 Å². The van der Waals surface area contributed by atoms with Gasteiger partial charge in [-0.15, -0.1) is 0 Å². The quantitative estimate of drug-likeness (QED) is 0.845. The molecular formula is C20H31NO. The van der Waals surface area contributed by atoms with Crippen molar-refractivity contribution < 1.29 is 4.79 Å². The minimum Gasteiger partial charge on any atom is -0.355 e. The Morgan fingerprint density at radius 1 is 1.18 bits per heavy atom. The predicted molar refractivity (Wildman–Crippen MR) is 92.7 cm³/mol. The normalized spacial score (nSPS) is 26.7. The van der Waals surface area contributed by atoms with Crippen LogP contribution < -0.4 is 5.32 Å². The number of amides is 1. The second-order valence-electron chi connectivity index (χ2n) is 7.49. The van der Waals surface area contributed by atoms with Crippen LogP contribution in [0.15, 0.2) is 30.3 Å². The molecule has 22 heavy (non-hydrogen) atoms. The van der Waals surface area contributed by atoms with Gasteiger partial charge in [0.1, 0.15) is 0 Å². The SMILES string of the molecule is CC(CNC(=O)[C@@H]1C[C@H](C)CC[C@H]1C(C)C)c1ccccc1. The number of carbonyl (C=O) groups is 1. The van der Waals surface area contributed by atoms with Crippen LogP contribution in [0.4, 0.5) is 0 Å². The molecule has 1 aliphatic carbocycles. The number of nitrogens with one attached hydrogen (secondary N) is 1. The standard InChI is InChI=1S/C20H31NO/c1-14(2)18-11-10-15(3)12-19(18)20(22)21-13-16(4)17-8-6-5-7-9-17/h5-9,14-16,18-19H,10-13H2,1-4H3,(H,21,22)/t15-,16?,18+,19-/m1/s1. The molecule has 1 aliphatic rings. The highest BCUT2D eigenvalue weighted by molar-refractivity contribution is 5.79. The van der Waals surface area contributed by atoms with Gasteiger partial charge in [-0.2, -0.15) is 0 Å². The molecule has 0 aliphatic heterocycles. The van der Waals surface area contributed by atoms with E-state index in [1.807, 2.05) is 6.07 Å². The van der Waals surface area contributed by atoms with E-state index < -0.39 is 0 Å². The van der Waals surface area contributed by atoms with Crippen LogP contribution in [0.1, 0.15) is 58.4 Å². The smallest absolute Gasteiger partial charge is 0.223 e. The predicted octanol–water partition coefficient (Wildman–Crippen LogP) is 4.61. The molecule has 0 saturated heterocycles. The van der Waals surface area contributed by atoms with Crippen molar-refractivity contribution in [3.05, 3.63) is 35.9 Å². The zero-order valence-electron chi connectivity index (χ0n) is 14.5. The van der Waals surface area contributed by atoms with E-state index in [1.165, 1.54) is 18.4 Å². The Morgan fingerprint density at radius 2 is 1.86 bits per heavy atom. The maximum Gasteiger partial charge on any atom is 0.223 e. The third-order valence-electron chi connectivity index (χ3n) is 5.31. The van der Waals surface area contributed by atoms with Crippen LogP contribution in [0.5, 0.6) is 0 Å². The minimum atomic E-state index is 0.201. The zero-order valence-corrected chi connectivity index (χ0v) is 14.5. The molecule has 1 amide bonds. The monoisotopic (exact) mass is 301 g/mol. The summed E-state index contributed by atoms with van der Waals surface area (Å²) in [5.74, 6) is 2.65. The first-order chi connectivity index (χ1) is 10.5. The average molecular weight is 301 g/mol. The van der Waals surface area contributed by atoms with Gasteiger partial charge in [0.05, 0.1) is 0 Å². The van der Waals surface area contributed by atoms with Crippen molar-refractivity contribution >= 4 is 5.91 Å². The highest BCUT2D eigenvalue weighted by atomic mass is 16.1. The highest BCUT2D eigenvalue weighted by Gasteiger charge is 2.35. The van der Waals surface area contributed by atoms with Crippen molar-refractivity contribution in [1.29, 1.82) is 0 Å². The van der Waals surface area contributed by atoms with Gasteiger partial charge in [-0.25, -0.2) is 0 Å². The zero-order chi connectivity index (χ0) is 16.1. The van der Waals surface area contributed by atoms with E-state index in [0.717, 1.165) is 13.0 Å². The molecule has 122 valence electrons. The molecular weight excluding hydrogens is 270 g/mol. The van der Waals surface area contributed by atoms with Crippen molar-refractivity contribution in [1.82, 2.24) is 5.32 Å². The lowest BCUT2D eigenvalue weighted by atomic mass is 9.70. The maximum absolute atomic E-state index is 12.7. The van der Waals surface area contributed by atoms with Gasteiger partial charge in [-0.3, -0.25) is 4.79 Å². The van der Waals surface area contributed by atoms with Gasteiger partial charge in [0.2, 0.25) is 5.91 Å². The summed E-state index contributed by atoms with van der Waals surface area (Å²) in [6.45, 7) is 9.71. The Morgan fingerprint density at radius 3 is 2.50 bits per heavy atom. The molecule has 4 atom stereocenters. The summed E-state index contributed by atoms with van der Waals surface area (Å²) in [5.41, 5.74) is 1.29. The molecule has 0 aromatic heterocycles. The van der Waals surface area contributed by atoms with Gasteiger partial charge in [0, 0.05) is 12.5 Å². The summed E-state index contributed by atoms with van der Waals surface area (Å²) in [4.78, 5) is 12.7. The van der Waals surface area contributed by atoms with Gasteiger partial charge in [0.15, 0.2) is 0 Å². The number of hydrogen-bond donors (Lipinski definition) is 1. The van der Waals surface area contributed by atoms with Crippen LogP contribution in [-0.4, -0.2) is 12.5 Å². The lowest BCUT2D eigenvalue weighted by molar-refractivity contribution is -0.129. The fraction of sp³-hybridized carbons (Fsp3) is 0.650. The van der Waals surface area contributed by atoms with Crippen molar-refractivity contribution in [3.8, 4) is 0 Å². The van der Waals surface area contributed by atoms with Crippen LogP contribution in [0.25, 0.3) is 0 Å². The van der Waals surface area contributed by atoms with Crippen LogP contribution >= 0.6 is 0 Å². The van der Waals surface area contributed by atoms with E-state index >= 15 is 0 Å². The number of benzene rings is 1.